The molecule has 0 saturated carbocycles. The number of benzene rings is 2. The number of amides is 1. The number of hydrogen-bond acceptors (Lipinski definition) is 4. The second-order valence-electron chi connectivity index (χ2n) is 5.66. The molecule has 2 N–H and O–H groups in total. The maximum Gasteiger partial charge on any atom is 0.335 e. The zero-order chi connectivity index (χ0) is 18.5. The Bertz CT molecular complexity index is 915. The van der Waals surface area contributed by atoms with E-state index in [1.807, 2.05) is 17.7 Å². The van der Waals surface area contributed by atoms with Gasteiger partial charge in [-0.1, -0.05) is 24.3 Å². The number of thioether (sulfide) groups is 1. The second kappa shape index (κ2) is 8.21. The van der Waals surface area contributed by atoms with E-state index in [0.29, 0.717) is 0 Å². The lowest BCUT2D eigenvalue weighted by molar-refractivity contribution is -0.115. The van der Waals surface area contributed by atoms with Crippen molar-refractivity contribution in [3.05, 3.63) is 71.1 Å². The lowest BCUT2D eigenvalue weighted by Crippen LogP contribution is -2.13. The summed E-state index contributed by atoms with van der Waals surface area (Å²) < 4.78 is 0. The van der Waals surface area contributed by atoms with Crippen molar-refractivity contribution in [1.82, 2.24) is 0 Å². The molecule has 1 amide bonds. The Balaban J connectivity index is 1.62. The molecule has 6 heteroatoms. The summed E-state index contributed by atoms with van der Waals surface area (Å²) in [4.78, 5) is 24.3. The lowest BCUT2D eigenvalue weighted by atomic mass is 10.1. The number of carboxylic acid groups (broad SMARTS) is 1. The number of thiophene rings is 1. The highest BCUT2D eigenvalue weighted by Gasteiger charge is 2.09. The summed E-state index contributed by atoms with van der Waals surface area (Å²) in [5.74, 6) is -1.10. The molecule has 0 aliphatic carbocycles. The minimum absolute atomic E-state index is 0.126. The number of carbonyl (C=O) groups is 2. The molecule has 0 bridgehead atoms. The number of anilines is 1. The van der Waals surface area contributed by atoms with Gasteiger partial charge in [0, 0.05) is 10.3 Å². The first-order valence-corrected chi connectivity index (χ1v) is 10.0. The van der Waals surface area contributed by atoms with Crippen LogP contribution in [-0.2, 0) is 11.2 Å². The van der Waals surface area contributed by atoms with Crippen LogP contribution in [0.4, 0.5) is 5.00 Å². The van der Waals surface area contributed by atoms with Crippen molar-refractivity contribution >= 4 is 40.0 Å². The molecule has 3 aromatic rings. The van der Waals surface area contributed by atoms with E-state index in [0.717, 1.165) is 21.7 Å². The minimum Gasteiger partial charge on any atom is -0.478 e. The Morgan fingerprint density at radius 2 is 1.73 bits per heavy atom. The summed E-state index contributed by atoms with van der Waals surface area (Å²) >= 11 is 3.19. The van der Waals surface area contributed by atoms with Crippen molar-refractivity contribution in [2.45, 2.75) is 11.3 Å². The van der Waals surface area contributed by atoms with Gasteiger partial charge in [-0.3, -0.25) is 4.79 Å². The average molecular weight is 383 g/mol. The van der Waals surface area contributed by atoms with Gasteiger partial charge < -0.3 is 10.4 Å². The summed E-state index contributed by atoms with van der Waals surface area (Å²) in [6, 6.07) is 16.6. The minimum atomic E-state index is -0.974. The topological polar surface area (TPSA) is 66.4 Å². The summed E-state index contributed by atoms with van der Waals surface area (Å²) in [6.07, 6.45) is 2.25. The predicted molar refractivity (Wildman–Crippen MR) is 107 cm³/mol. The summed E-state index contributed by atoms with van der Waals surface area (Å²) in [6.45, 7) is 0. The molecule has 0 atom stereocenters. The van der Waals surface area contributed by atoms with E-state index in [2.05, 4.69) is 29.6 Å². The molecule has 2 aromatic carbocycles. The second-order valence-corrected chi connectivity index (χ2v) is 7.45. The number of carbonyl (C=O) groups excluding carboxylic acids is 1. The molecule has 3 rings (SSSR count). The van der Waals surface area contributed by atoms with Crippen molar-refractivity contribution in [2.75, 3.05) is 11.6 Å². The van der Waals surface area contributed by atoms with Crippen LogP contribution in [0, 0.1) is 0 Å². The zero-order valence-corrected chi connectivity index (χ0v) is 15.7. The van der Waals surface area contributed by atoms with E-state index in [9.17, 15) is 9.59 Å². The summed E-state index contributed by atoms with van der Waals surface area (Å²) in [7, 11) is 0. The van der Waals surface area contributed by atoms with Crippen molar-refractivity contribution in [1.29, 1.82) is 0 Å². The van der Waals surface area contributed by atoms with Crippen LogP contribution < -0.4 is 5.32 Å². The fraction of sp³-hybridized carbons (Fsp3) is 0.100. The van der Waals surface area contributed by atoms with Gasteiger partial charge in [0.25, 0.3) is 0 Å². The molecule has 26 heavy (non-hydrogen) atoms. The van der Waals surface area contributed by atoms with Crippen molar-refractivity contribution in [3.8, 4) is 11.1 Å². The average Bonchev–Trinajstić information content (AvgIpc) is 3.10. The zero-order valence-electron chi connectivity index (χ0n) is 14.1. The van der Waals surface area contributed by atoms with Crippen molar-refractivity contribution in [3.63, 3.8) is 0 Å². The van der Waals surface area contributed by atoms with Gasteiger partial charge >= 0.3 is 5.97 Å². The largest absolute Gasteiger partial charge is 0.478 e. The highest BCUT2D eigenvalue weighted by molar-refractivity contribution is 7.98. The molecule has 0 saturated heterocycles. The highest BCUT2D eigenvalue weighted by atomic mass is 32.2. The van der Waals surface area contributed by atoms with E-state index < -0.39 is 5.97 Å². The first kappa shape index (κ1) is 18.2. The van der Waals surface area contributed by atoms with Crippen LogP contribution in [0.15, 0.2) is 64.9 Å². The molecule has 0 aliphatic rings. The molecule has 132 valence electrons. The number of carboxylic acids is 1. The Hall–Kier alpha value is -2.57. The molecular weight excluding hydrogens is 366 g/mol. The molecule has 4 nitrogen and oxygen atoms in total. The van der Waals surface area contributed by atoms with E-state index in [4.69, 9.17) is 5.11 Å². The van der Waals surface area contributed by atoms with Crippen LogP contribution in [0.5, 0.6) is 0 Å². The SMILES string of the molecule is CSc1ccc(-c2csc(NC(=O)Cc3ccc(C(=O)O)cc3)c2)cc1. The van der Waals surface area contributed by atoms with Gasteiger partial charge in [0.1, 0.15) is 0 Å². The summed E-state index contributed by atoms with van der Waals surface area (Å²) in [5, 5.41) is 14.6. The smallest absolute Gasteiger partial charge is 0.335 e. The van der Waals surface area contributed by atoms with E-state index in [1.54, 1.807) is 23.9 Å². The van der Waals surface area contributed by atoms with Crippen LogP contribution >= 0.6 is 23.1 Å². The van der Waals surface area contributed by atoms with Crippen LogP contribution in [0.3, 0.4) is 0 Å². The predicted octanol–water partition coefficient (Wildman–Crippen LogP) is 5.02. The quantitative estimate of drug-likeness (QED) is 0.587. The Kier molecular flexibility index (Phi) is 5.75. The van der Waals surface area contributed by atoms with Gasteiger partial charge in [0.05, 0.1) is 17.0 Å². The molecule has 0 fully saturated rings. The maximum absolute atomic E-state index is 12.2. The van der Waals surface area contributed by atoms with Crippen LogP contribution in [0.25, 0.3) is 11.1 Å². The number of aromatic carboxylic acids is 1. The maximum atomic E-state index is 12.2. The standard InChI is InChI=1S/C20H17NO3S2/c1-25-17-8-6-14(7-9-17)16-11-19(26-12-16)21-18(22)10-13-2-4-15(5-3-13)20(23)24/h2-9,11-12H,10H2,1H3,(H,21,22)(H,23,24). The number of hydrogen-bond donors (Lipinski definition) is 2. The van der Waals surface area contributed by atoms with Gasteiger partial charge in [-0.25, -0.2) is 4.79 Å². The Labute approximate surface area is 159 Å². The molecule has 0 aliphatic heterocycles. The van der Waals surface area contributed by atoms with Gasteiger partial charge in [-0.05, 0) is 53.3 Å². The van der Waals surface area contributed by atoms with E-state index in [-0.39, 0.29) is 17.9 Å². The van der Waals surface area contributed by atoms with E-state index in [1.165, 1.54) is 28.4 Å². The normalized spacial score (nSPS) is 10.5. The van der Waals surface area contributed by atoms with Crippen LogP contribution in [0.1, 0.15) is 15.9 Å². The third-order valence-electron chi connectivity index (χ3n) is 3.85. The van der Waals surface area contributed by atoms with Gasteiger partial charge in [0.15, 0.2) is 0 Å². The van der Waals surface area contributed by atoms with Gasteiger partial charge in [0.2, 0.25) is 5.91 Å². The number of rotatable bonds is 6. The van der Waals surface area contributed by atoms with E-state index >= 15 is 0 Å². The third-order valence-corrected chi connectivity index (χ3v) is 5.44. The fourth-order valence-electron chi connectivity index (χ4n) is 2.47. The summed E-state index contributed by atoms with van der Waals surface area (Å²) in [5.41, 5.74) is 3.18. The monoisotopic (exact) mass is 383 g/mol. The first-order chi connectivity index (χ1) is 12.5. The first-order valence-electron chi connectivity index (χ1n) is 7.90. The van der Waals surface area contributed by atoms with Crippen molar-refractivity contribution < 1.29 is 14.7 Å². The Morgan fingerprint density at radius 3 is 2.35 bits per heavy atom. The molecule has 0 radical (unpaired) electrons. The van der Waals surface area contributed by atoms with Gasteiger partial charge in [-0.15, -0.1) is 23.1 Å². The van der Waals surface area contributed by atoms with Gasteiger partial charge in [-0.2, -0.15) is 0 Å². The third kappa shape index (κ3) is 4.53. The lowest BCUT2D eigenvalue weighted by Gasteiger charge is -2.03. The molecule has 0 spiro atoms. The molecule has 1 aromatic heterocycles. The molecule has 1 heterocycles. The fourth-order valence-corrected chi connectivity index (χ4v) is 3.70. The number of nitrogens with one attached hydrogen (secondary N) is 1. The Morgan fingerprint density at radius 1 is 1.04 bits per heavy atom. The highest BCUT2D eigenvalue weighted by Crippen LogP contribution is 2.30. The van der Waals surface area contributed by atoms with Crippen LogP contribution in [-0.4, -0.2) is 23.2 Å². The van der Waals surface area contributed by atoms with Crippen LogP contribution in [0.2, 0.25) is 0 Å². The molecular formula is C20H17NO3S2. The molecule has 0 unspecified atom stereocenters. The van der Waals surface area contributed by atoms with Crippen molar-refractivity contribution in [2.24, 2.45) is 0 Å².